The molecule has 1 aliphatic rings. The molecule has 1 aliphatic heterocycles. The number of hydrogen-bond acceptors (Lipinski definition) is 2. The molecule has 1 saturated heterocycles. The third kappa shape index (κ3) is 3.41. The van der Waals surface area contributed by atoms with Crippen LogP contribution in [0.25, 0.3) is 0 Å². The lowest BCUT2D eigenvalue weighted by Gasteiger charge is -2.30. The molecule has 0 radical (unpaired) electrons. The average molecular weight is 339 g/mol. The van der Waals surface area contributed by atoms with Crippen molar-refractivity contribution in [3.05, 3.63) is 33.8 Å². The van der Waals surface area contributed by atoms with Gasteiger partial charge >= 0.3 is 0 Å². The van der Waals surface area contributed by atoms with Gasteiger partial charge in [0, 0.05) is 23.1 Å². The molecule has 20 heavy (non-hydrogen) atoms. The Hall–Kier alpha value is -0.870. The van der Waals surface area contributed by atoms with Crippen molar-refractivity contribution in [3.63, 3.8) is 0 Å². The smallest absolute Gasteiger partial charge is 0.255 e. The summed E-state index contributed by atoms with van der Waals surface area (Å²) in [7, 11) is 0. The lowest BCUT2D eigenvalue weighted by Crippen LogP contribution is -2.44. The molecule has 2 rings (SSSR count). The summed E-state index contributed by atoms with van der Waals surface area (Å²) in [6.45, 7) is 8.03. The molecule has 1 atom stereocenters. The second kappa shape index (κ2) is 6.72. The lowest BCUT2D eigenvalue weighted by atomic mass is 10.1. The first-order valence-electron chi connectivity index (χ1n) is 7.30. The number of halogens is 1. The van der Waals surface area contributed by atoms with Crippen molar-refractivity contribution in [3.8, 4) is 0 Å². The summed E-state index contributed by atoms with van der Waals surface area (Å²) in [6, 6.07) is 6.50. The molecule has 0 spiro atoms. The van der Waals surface area contributed by atoms with E-state index in [1.54, 1.807) is 0 Å². The number of nitrogens with zero attached hydrogens (tertiary/aromatic N) is 1. The molecule has 1 unspecified atom stereocenters. The summed E-state index contributed by atoms with van der Waals surface area (Å²) < 4.78 is 0.912. The van der Waals surface area contributed by atoms with E-state index in [1.807, 2.05) is 30.0 Å². The molecule has 0 aromatic heterocycles. The summed E-state index contributed by atoms with van der Waals surface area (Å²) in [4.78, 5) is 14.8. The van der Waals surface area contributed by atoms with Crippen LogP contribution >= 0.6 is 15.9 Å². The van der Waals surface area contributed by atoms with Gasteiger partial charge in [-0.2, -0.15) is 0 Å². The molecule has 1 N–H and O–H groups in total. The van der Waals surface area contributed by atoms with Gasteiger partial charge < -0.3 is 10.2 Å². The van der Waals surface area contributed by atoms with Crippen LogP contribution in [-0.2, 0) is 0 Å². The topological polar surface area (TPSA) is 32.3 Å². The Balaban J connectivity index is 2.19. The van der Waals surface area contributed by atoms with E-state index in [2.05, 4.69) is 35.1 Å². The highest BCUT2D eigenvalue weighted by Gasteiger charge is 2.25. The Morgan fingerprint density at radius 2 is 2.25 bits per heavy atom. The van der Waals surface area contributed by atoms with Gasteiger partial charge in [-0.25, -0.2) is 0 Å². The van der Waals surface area contributed by atoms with E-state index in [0.29, 0.717) is 6.04 Å². The van der Waals surface area contributed by atoms with E-state index in [-0.39, 0.29) is 11.9 Å². The monoisotopic (exact) mass is 338 g/mol. The number of aryl methyl sites for hydroxylation is 1. The highest BCUT2D eigenvalue weighted by atomic mass is 79.9. The van der Waals surface area contributed by atoms with Crippen molar-refractivity contribution < 1.29 is 4.79 Å². The molecule has 3 nitrogen and oxygen atoms in total. The van der Waals surface area contributed by atoms with Crippen molar-refractivity contribution >= 4 is 21.8 Å². The van der Waals surface area contributed by atoms with Crippen LogP contribution in [-0.4, -0.2) is 36.0 Å². The molecule has 0 saturated carbocycles. The molecule has 110 valence electrons. The highest BCUT2D eigenvalue weighted by Crippen LogP contribution is 2.23. The third-order valence-corrected chi connectivity index (χ3v) is 4.94. The minimum atomic E-state index is 0.115. The Morgan fingerprint density at radius 3 is 2.85 bits per heavy atom. The Morgan fingerprint density at radius 1 is 1.50 bits per heavy atom. The predicted octanol–water partition coefficient (Wildman–Crippen LogP) is 3.36. The fourth-order valence-electron chi connectivity index (χ4n) is 2.65. The van der Waals surface area contributed by atoms with Crippen molar-refractivity contribution in [2.24, 2.45) is 0 Å². The Bertz CT molecular complexity index is 481. The van der Waals surface area contributed by atoms with Gasteiger partial charge in [-0.3, -0.25) is 4.79 Å². The van der Waals surface area contributed by atoms with Crippen molar-refractivity contribution in [1.29, 1.82) is 0 Å². The first-order valence-corrected chi connectivity index (χ1v) is 8.09. The maximum Gasteiger partial charge on any atom is 0.255 e. The van der Waals surface area contributed by atoms with Gasteiger partial charge in [0.1, 0.15) is 0 Å². The quantitative estimate of drug-likeness (QED) is 0.912. The zero-order valence-corrected chi connectivity index (χ0v) is 14.0. The van der Waals surface area contributed by atoms with Crippen LogP contribution < -0.4 is 5.32 Å². The number of nitrogens with one attached hydrogen (secondary N) is 1. The van der Waals surface area contributed by atoms with E-state index in [9.17, 15) is 4.79 Å². The standard InChI is InChI=1S/C16H23BrN2O/c1-11(2)19(10-13-7-5-9-18-13)16(20)14-8-4-6-12(3)15(14)17/h4,6,8,11,13,18H,5,7,9-10H2,1-3H3. The van der Waals surface area contributed by atoms with Crippen LogP contribution in [0, 0.1) is 6.92 Å². The molecule has 1 fully saturated rings. The van der Waals surface area contributed by atoms with Gasteiger partial charge in [-0.1, -0.05) is 12.1 Å². The number of carbonyl (C=O) groups excluding carboxylic acids is 1. The maximum atomic E-state index is 12.8. The molecule has 1 heterocycles. The van der Waals surface area contributed by atoms with Crippen LogP contribution in [0.3, 0.4) is 0 Å². The molecule has 1 amide bonds. The zero-order chi connectivity index (χ0) is 14.7. The van der Waals surface area contributed by atoms with E-state index in [0.717, 1.165) is 35.1 Å². The fraction of sp³-hybridized carbons (Fsp3) is 0.562. The van der Waals surface area contributed by atoms with Crippen LogP contribution in [0.1, 0.15) is 42.6 Å². The molecule has 1 aromatic carbocycles. The number of carbonyl (C=O) groups is 1. The lowest BCUT2D eigenvalue weighted by molar-refractivity contribution is 0.0688. The van der Waals surface area contributed by atoms with E-state index < -0.39 is 0 Å². The largest absolute Gasteiger partial charge is 0.335 e. The molecular weight excluding hydrogens is 316 g/mol. The number of hydrogen-bond donors (Lipinski definition) is 1. The maximum absolute atomic E-state index is 12.8. The van der Waals surface area contributed by atoms with Gasteiger partial charge in [0.15, 0.2) is 0 Å². The highest BCUT2D eigenvalue weighted by molar-refractivity contribution is 9.10. The summed E-state index contributed by atoms with van der Waals surface area (Å²) in [6.07, 6.45) is 2.37. The summed E-state index contributed by atoms with van der Waals surface area (Å²) >= 11 is 3.55. The van der Waals surface area contributed by atoms with Gasteiger partial charge in [0.05, 0.1) is 5.56 Å². The number of amides is 1. The third-order valence-electron chi connectivity index (χ3n) is 3.89. The first-order chi connectivity index (χ1) is 9.50. The fourth-order valence-corrected chi connectivity index (χ4v) is 3.08. The van der Waals surface area contributed by atoms with Crippen LogP contribution in [0.2, 0.25) is 0 Å². The van der Waals surface area contributed by atoms with Gasteiger partial charge in [-0.05, 0) is 67.7 Å². The molecular formula is C16H23BrN2O. The van der Waals surface area contributed by atoms with Gasteiger partial charge in [0.25, 0.3) is 5.91 Å². The Labute approximate surface area is 129 Å². The zero-order valence-electron chi connectivity index (χ0n) is 12.4. The van der Waals surface area contributed by atoms with E-state index in [1.165, 1.54) is 6.42 Å². The minimum Gasteiger partial charge on any atom is -0.335 e. The van der Waals surface area contributed by atoms with Crippen molar-refractivity contribution in [2.45, 2.75) is 45.7 Å². The first kappa shape index (κ1) is 15.5. The second-order valence-electron chi connectivity index (χ2n) is 5.78. The van der Waals surface area contributed by atoms with Crippen LogP contribution in [0.5, 0.6) is 0 Å². The molecule has 0 aliphatic carbocycles. The summed E-state index contributed by atoms with van der Waals surface area (Å²) in [5, 5.41) is 3.47. The Kier molecular flexibility index (Phi) is 5.22. The predicted molar refractivity (Wildman–Crippen MR) is 86.1 cm³/mol. The van der Waals surface area contributed by atoms with Crippen LogP contribution in [0.15, 0.2) is 22.7 Å². The van der Waals surface area contributed by atoms with Crippen LogP contribution in [0.4, 0.5) is 0 Å². The van der Waals surface area contributed by atoms with Crippen molar-refractivity contribution in [1.82, 2.24) is 10.2 Å². The van der Waals surface area contributed by atoms with E-state index >= 15 is 0 Å². The van der Waals surface area contributed by atoms with Gasteiger partial charge in [-0.15, -0.1) is 0 Å². The van der Waals surface area contributed by atoms with E-state index in [4.69, 9.17) is 0 Å². The average Bonchev–Trinajstić information content (AvgIpc) is 2.91. The normalized spacial score (nSPS) is 18.6. The molecule has 1 aromatic rings. The number of rotatable bonds is 4. The minimum absolute atomic E-state index is 0.115. The molecule has 4 heteroatoms. The summed E-state index contributed by atoms with van der Waals surface area (Å²) in [5.41, 5.74) is 1.86. The van der Waals surface area contributed by atoms with Gasteiger partial charge in [0.2, 0.25) is 0 Å². The molecule has 0 bridgehead atoms. The SMILES string of the molecule is Cc1cccc(C(=O)N(CC2CCCN2)C(C)C)c1Br. The summed E-state index contributed by atoms with van der Waals surface area (Å²) in [5.74, 6) is 0.115. The van der Waals surface area contributed by atoms with Crippen molar-refractivity contribution in [2.75, 3.05) is 13.1 Å². The number of benzene rings is 1. The second-order valence-corrected chi connectivity index (χ2v) is 6.57.